The molecule has 1 fully saturated rings. The summed E-state index contributed by atoms with van der Waals surface area (Å²) in [5.41, 5.74) is 3.21. The van der Waals surface area contributed by atoms with Gasteiger partial charge in [0.05, 0.1) is 13.2 Å². The van der Waals surface area contributed by atoms with E-state index in [-0.39, 0.29) is 0 Å². The summed E-state index contributed by atoms with van der Waals surface area (Å²) in [6, 6.07) is 6.82. The van der Waals surface area contributed by atoms with Gasteiger partial charge in [0.25, 0.3) is 0 Å². The highest BCUT2D eigenvalue weighted by molar-refractivity contribution is 6.30. The number of ether oxygens (including phenoxy) is 1. The molecule has 92 valence electrons. The molecule has 1 aromatic rings. The van der Waals surface area contributed by atoms with Crippen molar-refractivity contribution in [3.8, 4) is 0 Å². The molecule has 3 heteroatoms. The van der Waals surface area contributed by atoms with E-state index in [4.69, 9.17) is 16.3 Å². The van der Waals surface area contributed by atoms with Crippen LogP contribution in [0.3, 0.4) is 0 Å². The first kappa shape index (κ1) is 11.5. The lowest BCUT2D eigenvalue weighted by Gasteiger charge is -2.39. The fourth-order valence-corrected chi connectivity index (χ4v) is 2.87. The fraction of sp³-hybridized carbons (Fsp3) is 0.571. The van der Waals surface area contributed by atoms with Crippen LogP contribution in [-0.2, 0) is 17.6 Å². The summed E-state index contributed by atoms with van der Waals surface area (Å²) in [6.45, 7) is 5.12. The van der Waals surface area contributed by atoms with Crippen molar-refractivity contribution in [3.05, 3.63) is 34.3 Å². The molecular weight excluding hydrogens is 234 g/mol. The lowest BCUT2D eigenvalue weighted by molar-refractivity contribution is -0.0999. The van der Waals surface area contributed by atoms with E-state index >= 15 is 0 Å². The van der Waals surface area contributed by atoms with Crippen LogP contribution in [0.4, 0.5) is 0 Å². The monoisotopic (exact) mass is 251 g/mol. The van der Waals surface area contributed by atoms with Crippen molar-refractivity contribution in [1.29, 1.82) is 0 Å². The molecule has 2 nitrogen and oxygen atoms in total. The highest BCUT2D eigenvalue weighted by atomic mass is 35.5. The van der Waals surface area contributed by atoms with E-state index in [2.05, 4.69) is 24.4 Å². The second-order valence-electron chi connectivity index (χ2n) is 5.70. The van der Waals surface area contributed by atoms with Gasteiger partial charge in [0.15, 0.2) is 0 Å². The van der Waals surface area contributed by atoms with E-state index in [1.807, 2.05) is 6.07 Å². The summed E-state index contributed by atoms with van der Waals surface area (Å²) >= 11 is 6.02. The maximum Gasteiger partial charge on any atom is 0.0554 e. The highest BCUT2D eigenvalue weighted by Gasteiger charge is 2.34. The van der Waals surface area contributed by atoms with Crippen LogP contribution in [0, 0.1) is 5.41 Å². The third-order valence-electron chi connectivity index (χ3n) is 3.82. The van der Waals surface area contributed by atoms with Crippen molar-refractivity contribution in [2.24, 2.45) is 5.41 Å². The molecule has 0 amide bonds. The molecular formula is C14H18ClNO. The van der Waals surface area contributed by atoms with Crippen molar-refractivity contribution < 1.29 is 4.74 Å². The maximum absolute atomic E-state index is 6.02. The fourth-order valence-electron chi connectivity index (χ4n) is 2.67. The smallest absolute Gasteiger partial charge is 0.0554 e. The van der Waals surface area contributed by atoms with Crippen LogP contribution in [0.15, 0.2) is 18.2 Å². The van der Waals surface area contributed by atoms with Gasteiger partial charge >= 0.3 is 0 Å². The third kappa shape index (κ3) is 2.35. The summed E-state index contributed by atoms with van der Waals surface area (Å²) in [5, 5.41) is 4.52. The van der Waals surface area contributed by atoms with Crippen LogP contribution < -0.4 is 5.32 Å². The van der Waals surface area contributed by atoms with E-state index < -0.39 is 0 Å². The minimum atomic E-state index is 0.354. The number of rotatable bonds is 3. The summed E-state index contributed by atoms with van der Waals surface area (Å²) in [5.74, 6) is 0. The average Bonchev–Trinajstić information content (AvgIpc) is 2.65. The minimum absolute atomic E-state index is 0.354. The van der Waals surface area contributed by atoms with Crippen molar-refractivity contribution in [2.45, 2.75) is 25.8 Å². The number of hydrogen-bond donors (Lipinski definition) is 1. The van der Waals surface area contributed by atoms with E-state index in [1.54, 1.807) is 0 Å². The average molecular weight is 252 g/mol. The molecule has 0 bridgehead atoms. The van der Waals surface area contributed by atoms with Crippen molar-refractivity contribution in [1.82, 2.24) is 5.32 Å². The van der Waals surface area contributed by atoms with E-state index in [0.29, 0.717) is 11.5 Å². The molecule has 1 aliphatic heterocycles. The normalized spacial score (nSPS) is 25.4. The van der Waals surface area contributed by atoms with E-state index in [0.717, 1.165) is 37.6 Å². The topological polar surface area (TPSA) is 21.3 Å². The Morgan fingerprint density at radius 2 is 2.12 bits per heavy atom. The number of halogens is 1. The van der Waals surface area contributed by atoms with Gasteiger partial charge in [-0.05, 0) is 36.1 Å². The van der Waals surface area contributed by atoms with Gasteiger partial charge in [0.2, 0.25) is 0 Å². The van der Waals surface area contributed by atoms with Gasteiger partial charge < -0.3 is 10.1 Å². The van der Waals surface area contributed by atoms with Crippen LogP contribution in [0.25, 0.3) is 0 Å². The Balaban J connectivity index is 1.58. The molecule has 0 aromatic heterocycles. The molecule has 3 rings (SSSR count). The molecule has 1 N–H and O–H groups in total. The summed E-state index contributed by atoms with van der Waals surface area (Å²) < 4.78 is 5.27. The quantitative estimate of drug-likeness (QED) is 0.891. The van der Waals surface area contributed by atoms with Crippen LogP contribution in [-0.4, -0.2) is 25.8 Å². The molecule has 1 aliphatic carbocycles. The number of fused-ring (bicyclic) bond motifs is 1. The van der Waals surface area contributed by atoms with Gasteiger partial charge in [-0.2, -0.15) is 0 Å². The van der Waals surface area contributed by atoms with Crippen molar-refractivity contribution in [2.75, 3.05) is 19.8 Å². The Kier molecular flexibility index (Phi) is 2.89. The second kappa shape index (κ2) is 4.27. The highest BCUT2D eigenvalue weighted by Crippen LogP contribution is 2.28. The molecule has 17 heavy (non-hydrogen) atoms. The van der Waals surface area contributed by atoms with Gasteiger partial charge in [-0.15, -0.1) is 0 Å². The number of benzene rings is 1. The largest absolute Gasteiger partial charge is 0.380 e. The molecule has 1 aromatic carbocycles. The molecule has 0 saturated carbocycles. The predicted octanol–water partition coefficient (Wildman–Crippen LogP) is 2.43. The zero-order valence-corrected chi connectivity index (χ0v) is 10.9. The SMILES string of the molecule is CC1(CNC2Cc3ccc(Cl)cc3C2)COC1. The Hall–Kier alpha value is -0.570. The first-order valence-corrected chi connectivity index (χ1v) is 6.61. The van der Waals surface area contributed by atoms with Crippen LogP contribution in [0.5, 0.6) is 0 Å². The number of hydrogen-bond acceptors (Lipinski definition) is 2. The molecule has 0 spiro atoms. The van der Waals surface area contributed by atoms with Gasteiger partial charge in [-0.1, -0.05) is 24.6 Å². The molecule has 1 atom stereocenters. The van der Waals surface area contributed by atoms with Crippen LogP contribution in [0.2, 0.25) is 5.02 Å². The van der Waals surface area contributed by atoms with Crippen LogP contribution in [0.1, 0.15) is 18.1 Å². The molecule has 2 aliphatic rings. The Morgan fingerprint density at radius 3 is 2.82 bits per heavy atom. The lowest BCUT2D eigenvalue weighted by atomic mass is 9.88. The van der Waals surface area contributed by atoms with E-state index in [9.17, 15) is 0 Å². The zero-order chi connectivity index (χ0) is 11.9. The van der Waals surface area contributed by atoms with Crippen molar-refractivity contribution >= 4 is 11.6 Å². The van der Waals surface area contributed by atoms with Crippen molar-refractivity contribution in [3.63, 3.8) is 0 Å². The van der Waals surface area contributed by atoms with E-state index in [1.165, 1.54) is 11.1 Å². The summed E-state index contributed by atoms with van der Waals surface area (Å²) in [4.78, 5) is 0. The first-order valence-electron chi connectivity index (χ1n) is 6.23. The summed E-state index contributed by atoms with van der Waals surface area (Å²) in [7, 11) is 0. The maximum atomic E-state index is 6.02. The second-order valence-corrected chi connectivity index (χ2v) is 6.14. The Bertz CT molecular complexity index is 428. The standard InChI is InChI=1S/C14H18ClNO/c1-14(8-17-9-14)7-16-13-5-10-2-3-12(15)4-11(10)6-13/h2-4,13,16H,5-9H2,1H3. The lowest BCUT2D eigenvalue weighted by Crippen LogP contribution is -2.49. The zero-order valence-electron chi connectivity index (χ0n) is 10.1. The van der Waals surface area contributed by atoms with Gasteiger partial charge in [0.1, 0.15) is 0 Å². The molecule has 1 unspecified atom stereocenters. The minimum Gasteiger partial charge on any atom is -0.380 e. The van der Waals surface area contributed by atoms with Crippen LogP contribution >= 0.6 is 11.6 Å². The summed E-state index contributed by atoms with van der Waals surface area (Å²) in [6.07, 6.45) is 2.23. The third-order valence-corrected chi connectivity index (χ3v) is 4.05. The van der Waals surface area contributed by atoms with Gasteiger partial charge in [-0.3, -0.25) is 0 Å². The molecule has 1 saturated heterocycles. The molecule has 1 heterocycles. The first-order chi connectivity index (χ1) is 8.15. The van der Waals surface area contributed by atoms with Gasteiger partial charge in [0, 0.05) is 23.0 Å². The Labute approximate surface area is 107 Å². The van der Waals surface area contributed by atoms with Gasteiger partial charge in [-0.25, -0.2) is 0 Å². The number of nitrogens with one attached hydrogen (secondary N) is 1. The molecule has 0 radical (unpaired) electrons. The predicted molar refractivity (Wildman–Crippen MR) is 69.6 cm³/mol. The Morgan fingerprint density at radius 1 is 1.35 bits per heavy atom.